The van der Waals surface area contributed by atoms with E-state index in [1.165, 1.54) is 27.3 Å². The van der Waals surface area contributed by atoms with Crippen molar-refractivity contribution in [1.82, 2.24) is 29.5 Å². The van der Waals surface area contributed by atoms with Gasteiger partial charge in [0.1, 0.15) is 18.3 Å². The molecule has 3 aromatic rings. The van der Waals surface area contributed by atoms with Crippen molar-refractivity contribution in [3.05, 3.63) is 58.8 Å². The summed E-state index contributed by atoms with van der Waals surface area (Å²) in [6.45, 7) is 2.27. The van der Waals surface area contributed by atoms with E-state index in [1.54, 1.807) is 7.05 Å². The summed E-state index contributed by atoms with van der Waals surface area (Å²) in [5, 5.41) is 7.29. The van der Waals surface area contributed by atoms with Gasteiger partial charge in [0, 0.05) is 20.1 Å². The molecular formula is C19H24N6O2. The van der Waals surface area contributed by atoms with E-state index in [4.69, 9.17) is 0 Å². The summed E-state index contributed by atoms with van der Waals surface area (Å²) in [7, 11) is 3.78. The highest BCUT2D eigenvalue weighted by atomic mass is 16.2. The van der Waals surface area contributed by atoms with E-state index in [0.29, 0.717) is 17.6 Å². The minimum absolute atomic E-state index is 0.0451. The first-order chi connectivity index (χ1) is 13.0. The average molecular weight is 368 g/mol. The van der Waals surface area contributed by atoms with Crippen molar-refractivity contribution in [1.29, 1.82) is 0 Å². The highest BCUT2D eigenvalue weighted by Crippen LogP contribution is 2.03. The third kappa shape index (κ3) is 4.79. The van der Waals surface area contributed by atoms with Crippen molar-refractivity contribution in [2.24, 2.45) is 7.05 Å². The van der Waals surface area contributed by atoms with Gasteiger partial charge in [-0.15, -0.1) is 0 Å². The second kappa shape index (κ2) is 8.59. The third-order valence-corrected chi connectivity index (χ3v) is 4.37. The van der Waals surface area contributed by atoms with Crippen molar-refractivity contribution in [3.63, 3.8) is 0 Å². The van der Waals surface area contributed by atoms with Crippen molar-refractivity contribution in [2.75, 3.05) is 20.1 Å². The summed E-state index contributed by atoms with van der Waals surface area (Å²) < 4.78 is 2.84. The summed E-state index contributed by atoms with van der Waals surface area (Å²) in [6, 6.07) is 10.3. The molecular weight excluding hydrogens is 344 g/mol. The molecule has 8 nitrogen and oxygen atoms in total. The van der Waals surface area contributed by atoms with Crippen LogP contribution in [0.4, 0.5) is 0 Å². The first-order valence-electron chi connectivity index (χ1n) is 8.91. The number of nitrogens with zero attached hydrogens (tertiary/aromatic N) is 5. The summed E-state index contributed by atoms with van der Waals surface area (Å²) in [4.78, 5) is 30.9. The second-order valence-corrected chi connectivity index (χ2v) is 6.61. The van der Waals surface area contributed by atoms with Crippen molar-refractivity contribution in [2.45, 2.75) is 19.5 Å². The van der Waals surface area contributed by atoms with Gasteiger partial charge in [0.15, 0.2) is 5.65 Å². The Balaban J connectivity index is 1.43. The fourth-order valence-electron chi connectivity index (χ4n) is 2.94. The zero-order valence-electron chi connectivity index (χ0n) is 15.6. The Labute approximate surface area is 157 Å². The number of carbonyl (C=O) groups excluding carboxylic acids is 1. The molecule has 0 unspecified atom stereocenters. The number of rotatable bonds is 8. The normalized spacial score (nSPS) is 11.2. The van der Waals surface area contributed by atoms with Crippen LogP contribution in [0.15, 0.2) is 47.7 Å². The predicted molar refractivity (Wildman–Crippen MR) is 103 cm³/mol. The number of benzene rings is 1. The molecule has 0 saturated heterocycles. The maximum absolute atomic E-state index is 12.4. The molecule has 0 aliphatic rings. The van der Waals surface area contributed by atoms with Crippen LogP contribution in [0.25, 0.3) is 11.0 Å². The smallest absolute Gasteiger partial charge is 0.264 e. The maximum atomic E-state index is 12.4. The summed E-state index contributed by atoms with van der Waals surface area (Å²) in [5.41, 5.74) is 1.52. The highest BCUT2D eigenvalue weighted by Gasteiger charge is 2.10. The first kappa shape index (κ1) is 18.8. The summed E-state index contributed by atoms with van der Waals surface area (Å²) in [5.74, 6) is -0.201. The zero-order valence-corrected chi connectivity index (χ0v) is 15.6. The van der Waals surface area contributed by atoms with E-state index in [0.717, 1.165) is 19.5 Å². The minimum Gasteiger partial charge on any atom is -0.354 e. The number of nitrogens with one attached hydrogen (secondary N) is 1. The third-order valence-electron chi connectivity index (χ3n) is 4.37. The maximum Gasteiger partial charge on any atom is 0.264 e. The van der Waals surface area contributed by atoms with Crippen LogP contribution in [-0.2, 0) is 24.9 Å². The van der Waals surface area contributed by atoms with E-state index in [9.17, 15) is 9.59 Å². The number of fused-ring (bicyclic) bond motifs is 1. The molecule has 0 aliphatic carbocycles. The van der Waals surface area contributed by atoms with Crippen LogP contribution in [0.5, 0.6) is 0 Å². The van der Waals surface area contributed by atoms with Crippen LogP contribution in [0, 0.1) is 0 Å². The Morgan fingerprint density at radius 3 is 2.81 bits per heavy atom. The van der Waals surface area contributed by atoms with Gasteiger partial charge >= 0.3 is 0 Å². The SMILES string of the molecule is CN(CCCNC(=O)Cn1cnc2c(cnn2C)c1=O)Cc1ccccc1. The monoisotopic (exact) mass is 368 g/mol. The van der Waals surface area contributed by atoms with Crippen LogP contribution >= 0.6 is 0 Å². The minimum atomic E-state index is -0.258. The molecule has 0 fully saturated rings. The number of amides is 1. The number of hydrogen-bond donors (Lipinski definition) is 1. The van der Waals surface area contributed by atoms with Crippen LogP contribution in [0.3, 0.4) is 0 Å². The Morgan fingerprint density at radius 1 is 1.26 bits per heavy atom. The lowest BCUT2D eigenvalue weighted by atomic mass is 10.2. The topological polar surface area (TPSA) is 85.1 Å². The van der Waals surface area contributed by atoms with Gasteiger partial charge in [-0.3, -0.25) is 18.8 Å². The lowest BCUT2D eigenvalue weighted by Crippen LogP contribution is -2.34. The molecule has 2 heterocycles. The molecule has 0 radical (unpaired) electrons. The summed E-state index contributed by atoms with van der Waals surface area (Å²) in [6.07, 6.45) is 3.70. The van der Waals surface area contributed by atoms with E-state index in [1.807, 2.05) is 18.2 Å². The van der Waals surface area contributed by atoms with E-state index in [-0.39, 0.29) is 18.0 Å². The number of hydrogen-bond acceptors (Lipinski definition) is 5. The zero-order chi connectivity index (χ0) is 19.2. The molecule has 8 heteroatoms. The van der Waals surface area contributed by atoms with Gasteiger partial charge < -0.3 is 10.2 Å². The molecule has 0 atom stereocenters. The van der Waals surface area contributed by atoms with Gasteiger partial charge in [-0.05, 0) is 25.6 Å². The molecule has 3 rings (SSSR count). The standard InChI is InChI=1S/C19H24N6O2/c1-23(12-15-7-4-3-5-8-15)10-6-9-20-17(26)13-25-14-21-18-16(19(25)27)11-22-24(18)2/h3-5,7-8,11,14H,6,9-10,12-13H2,1-2H3,(H,20,26). The lowest BCUT2D eigenvalue weighted by molar-refractivity contribution is -0.121. The number of carbonyl (C=O) groups is 1. The lowest BCUT2D eigenvalue weighted by Gasteiger charge is -2.16. The van der Waals surface area contributed by atoms with Gasteiger partial charge in [0.25, 0.3) is 5.56 Å². The van der Waals surface area contributed by atoms with Crippen molar-refractivity contribution in [3.8, 4) is 0 Å². The highest BCUT2D eigenvalue weighted by molar-refractivity contribution is 5.77. The van der Waals surface area contributed by atoms with Gasteiger partial charge in [-0.1, -0.05) is 30.3 Å². The predicted octanol–water partition coefficient (Wildman–Crippen LogP) is 0.768. The van der Waals surface area contributed by atoms with E-state index >= 15 is 0 Å². The molecule has 27 heavy (non-hydrogen) atoms. The fourth-order valence-corrected chi connectivity index (χ4v) is 2.94. The van der Waals surface area contributed by atoms with Crippen molar-refractivity contribution < 1.29 is 4.79 Å². The quantitative estimate of drug-likeness (QED) is 0.594. The molecule has 142 valence electrons. The molecule has 0 aliphatic heterocycles. The van der Waals surface area contributed by atoms with Gasteiger partial charge in [0.2, 0.25) is 5.91 Å². The van der Waals surface area contributed by atoms with Crippen LogP contribution < -0.4 is 10.9 Å². The Bertz CT molecular complexity index is 963. The van der Waals surface area contributed by atoms with Crippen LogP contribution in [0.2, 0.25) is 0 Å². The fraction of sp³-hybridized carbons (Fsp3) is 0.368. The summed E-state index contributed by atoms with van der Waals surface area (Å²) >= 11 is 0. The second-order valence-electron chi connectivity index (χ2n) is 6.61. The van der Waals surface area contributed by atoms with E-state index in [2.05, 4.69) is 39.5 Å². The Kier molecular flexibility index (Phi) is 5.97. The average Bonchev–Trinajstić information content (AvgIpc) is 3.04. The largest absolute Gasteiger partial charge is 0.354 e. The Hall–Kier alpha value is -3.00. The molecule has 0 bridgehead atoms. The van der Waals surface area contributed by atoms with Crippen LogP contribution in [0.1, 0.15) is 12.0 Å². The molecule has 0 spiro atoms. The Morgan fingerprint density at radius 2 is 2.04 bits per heavy atom. The van der Waals surface area contributed by atoms with Crippen LogP contribution in [-0.4, -0.2) is 50.3 Å². The van der Waals surface area contributed by atoms with Gasteiger partial charge in [0.05, 0.1) is 6.20 Å². The van der Waals surface area contributed by atoms with Crippen molar-refractivity contribution >= 4 is 16.9 Å². The molecule has 1 aromatic carbocycles. The molecule has 0 saturated carbocycles. The number of aromatic nitrogens is 4. The molecule has 2 aromatic heterocycles. The van der Waals surface area contributed by atoms with Gasteiger partial charge in [-0.2, -0.15) is 5.10 Å². The molecule has 1 N–H and O–H groups in total. The first-order valence-corrected chi connectivity index (χ1v) is 8.91. The van der Waals surface area contributed by atoms with Gasteiger partial charge in [-0.25, -0.2) is 4.98 Å². The number of aryl methyl sites for hydroxylation is 1. The molecule has 1 amide bonds. The van der Waals surface area contributed by atoms with E-state index < -0.39 is 0 Å².